The molecule has 2 rings (SSSR count). The number of ether oxygens (including phenoxy) is 1. The van der Waals surface area contributed by atoms with E-state index in [1.807, 2.05) is 19.1 Å². The van der Waals surface area contributed by atoms with Gasteiger partial charge < -0.3 is 25.8 Å². The second-order valence-corrected chi connectivity index (χ2v) is 9.85. The van der Waals surface area contributed by atoms with Gasteiger partial charge in [0.05, 0.1) is 19.3 Å². The van der Waals surface area contributed by atoms with Crippen LogP contribution in [0.5, 0.6) is 5.75 Å². The fourth-order valence-corrected chi connectivity index (χ4v) is 4.47. The number of unbranched alkanes of at least 4 members (excludes halogenated alkanes) is 1. The summed E-state index contributed by atoms with van der Waals surface area (Å²) in [7, 11) is 1.59. The van der Waals surface area contributed by atoms with Crippen LogP contribution in [0.4, 0.5) is 5.69 Å². The highest BCUT2D eigenvalue weighted by molar-refractivity contribution is 5.96. The molecule has 4 atom stereocenters. The third-order valence-electron chi connectivity index (χ3n) is 6.67. The second-order valence-electron chi connectivity index (χ2n) is 9.85. The van der Waals surface area contributed by atoms with Crippen molar-refractivity contribution in [3.8, 4) is 5.75 Å². The van der Waals surface area contributed by atoms with Crippen LogP contribution < -0.4 is 20.7 Å². The van der Waals surface area contributed by atoms with Gasteiger partial charge in [-0.2, -0.15) is 0 Å². The van der Waals surface area contributed by atoms with Gasteiger partial charge in [-0.05, 0) is 43.7 Å². The molecular weight excluding hydrogens is 430 g/mol. The van der Waals surface area contributed by atoms with Crippen molar-refractivity contribution in [2.45, 2.75) is 90.7 Å². The van der Waals surface area contributed by atoms with Gasteiger partial charge >= 0.3 is 0 Å². The maximum absolute atomic E-state index is 13.2. The zero-order chi connectivity index (χ0) is 24.9. The fourth-order valence-electron chi connectivity index (χ4n) is 4.47. The molecular formula is C27H45N3O4. The molecule has 7 heteroatoms. The predicted molar refractivity (Wildman–Crippen MR) is 137 cm³/mol. The molecule has 0 saturated carbocycles. The molecule has 1 aliphatic rings. The Morgan fingerprint density at radius 3 is 2.74 bits per heavy atom. The first-order valence-electron chi connectivity index (χ1n) is 13.0. The SMILES string of the molecule is CCCCNC(=O)C(C)CC(O)C1C[C@H](C)CCCCCCNc2cc(OC)cc(c2)C(=O)N1. The van der Waals surface area contributed by atoms with E-state index < -0.39 is 12.1 Å². The molecule has 0 radical (unpaired) electrons. The van der Waals surface area contributed by atoms with Crippen LogP contribution >= 0.6 is 0 Å². The highest BCUT2D eigenvalue weighted by Gasteiger charge is 2.28. The number of fused-ring (bicyclic) bond motifs is 2. The number of hydrogen-bond donors (Lipinski definition) is 4. The van der Waals surface area contributed by atoms with Crippen molar-refractivity contribution in [1.82, 2.24) is 10.6 Å². The van der Waals surface area contributed by atoms with Crippen LogP contribution in [0.1, 0.15) is 88.9 Å². The van der Waals surface area contributed by atoms with Gasteiger partial charge in [-0.1, -0.05) is 52.9 Å². The van der Waals surface area contributed by atoms with E-state index in [0.29, 0.717) is 36.6 Å². The number of anilines is 1. The number of nitrogens with one attached hydrogen (secondary N) is 3. The van der Waals surface area contributed by atoms with Crippen LogP contribution in [0.3, 0.4) is 0 Å². The van der Waals surface area contributed by atoms with E-state index in [-0.39, 0.29) is 17.7 Å². The Hall–Kier alpha value is -2.28. The van der Waals surface area contributed by atoms with E-state index in [9.17, 15) is 14.7 Å². The monoisotopic (exact) mass is 475 g/mol. The number of aliphatic hydroxyl groups is 1. The lowest BCUT2D eigenvalue weighted by Gasteiger charge is -2.28. The number of carbonyl (C=O) groups is 2. The van der Waals surface area contributed by atoms with Gasteiger partial charge in [-0.3, -0.25) is 9.59 Å². The first-order valence-corrected chi connectivity index (χ1v) is 13.0. The number of hydrogen-bond acceptors (Lipinski definition) is 5. The van der Waals surface area contributed by atoms with Crippen molar-refractivity contribution >= 4 is 17.5 Å². The number of carbonyl (C=O) groups excluding carboxylic acids is 2. The third-order valence-corrected chi connectivity index (χ3v) is 6.67. The smallest absolute Gasteiger partial charge is 0.251 e. The highest BCUT2D eigenvalue weighted by atomic mass is 16.5. The van der Waals surface area contributed by atoms with Crippen LogP contribution in [0.2, 0.25) is 0 Å². The van der Waals surface area contributed by atoms with Gasteiger partial charge in [-0.25, -0.2) is 0 Å². The molecule has 7 nitrogen and oxygen atoms in total. The molecule has 3 unspecified atom stereocenters. The fraction of sp³-hybridized carbons (Fsp3) is 0.704. The minimum absolute atomic E-state index is 0.0486. The average molecular weight is 476 g/mol. The lowest BCUT2D eigenvalue weighted by Crippen LogP contribution is -2.46. The number of aliphatic hydroxyl groups excluding tert-OH is 1. The van der Waals surface area contributed by atoms with Gasteiger partial charge in [0.1, 0.15) is 5.75 Å². The molecule has 4 N–H and O–H groups in total. The van der Waals surface area contributed by atoms with Crippen molar-refractivity contribution in [2.24, 2.45) is 11.8 Å². The largest absolute Gasteiger partial charge is 0.497 e. The van der Waals surface area contributed by atoms with E-state index in [2.05, 4.69) is 29.8 Å². The minimum atomic E-state index is -0.808. The molecule has 1 aromatic carbocycles. The summed E-state index contributed by atoms with van der Waals surface area (Å²) in [5.74, 6) is 0.351. The van der Waals surface area contributed by atoms with Crippen molar-refractivity contribution in [1.29, 1.82) is 0 Å². The molecule has 192 valence electrons. The molecule has 2 amide bonds. The first kappa shape index (κ1) is 28.0. The summed E-state index contributed by atoms with van der Waals surface area (Å²) >= 11 is 0. The van der Waals surface area contributed by atoms with Gasteiger partial charge in [0.15, 0.2) is 0 Å². The summed E-state index contributed by atoms with van der Waals surface area (Å²) in [6.07, 6.45) is 7.72. The Kier molecular flexibility index (Phi) is 12.2. The lowest BCUT2D eigenvalue weighted by molar-refractivity contribution is -0.125. The Morgan fingerprint density at radius 2 is 2.00 bits per heavy atom. The summed E-state index contributed by atoms with van der Waals surface area (Å²) < 4.78 is 5.41. The number of benzene rings is 1. The van der Waals surface area contributed by atoms with E-state index in [1.54, 1.807) is 13.2 Å². The van der Waals surface area contributed by atoms with Crippen LogP contribution in [-0.4, -0.2) is 49.3 Å². The molecule has 34 heavy (non-hydrogen) atoms. The molecule has 0 aliphatic carbocycles. The molecule has 2 bridgehead atoms. The normalized spacial score (nSPS) is 21.7. The molecule has 1 aliphatic heterocycles. The zero-order valence-electron chi connectivity index (χ0n) is 21.5. The Labute approximate surface area is 205 Å². The van der Waals surface area contributed by atoms with E-state index >= 15 is 0 Å². The van der Waals surface area contributed by atoms with Crippen LogP contribution in [0, 0.1) is 11.8 Å². The van der Waals surface area contributed by atoms with Gasteiger partial charge in [0, 0.05) is 36.3 Å². The average Bonchev–Trinajstić information content (AvgIpc) is 2.82. The lowest BCUT2D eigenvalue weighted by atomic mass is 9.89. The first-order chi connectivity index (χ1) is 16.3. The van der Waals surface area contributed by atoms with Crippen LogP contribution in [0.25, 0.3) is 0 Å². The molecule has 1 heterocycles. The minimum Gasteiger partial charge on any atom is -0.497 e. The summed E-state index contributed by atoms with van der Waals surface area (Å²) in [6, 6.07) is 5.01. The Morgan fingerprint density at radius 1 is 1.24 bits per heavy atom. The van der Waals surface area contributed by atoms with Crippen molar-refractivity contribution in [3.05, 3.63) is 23.8 Å². The van der Waals surface area contributed by atoms with Crippen molar-refractivity contribution in [2.75, 3.05) is 25.5 Å². The molecule has 0 saturated heterocycles. The topological polar surface area (TPSA) is 99.7 Å². The highest BCUT2D eigenvalue weighted by Crippen LogP contribution is 2.24. The van der Waals surface area contributed by atoms with Crippen LogP contribution in [0.15, 0.2) is 18.2 Å². The molecule has 0 fully saturated rings. The van der Waals surface area contributed by atoms with Gasteiger partial charge in [-0.15, -0.1) is 0 Å². The van der Waals surface area contributed by atoms with E-state index in [0.717, 1.165) is 50.8 Å². The number of rotatable bonds is 8. The van der Waals surface area contributed by atoms with Gasteiger partial charge in [0.2, 0.25) is 5.91 Å². The quantitative estimate of drug-likeness (QED) is 0.415. The zero-order valence-corrected chi connectivity index (χ0v) is 21.5. The molecule has 0 aromatic heterocycles. The molecule has 0 spiro atoms. The summed E-state index contributed by atoms with van der Waals surface area (Å²) in [6.45, 7) is 7.60. The van der Waals surface area contributed by atoms with Crippen molar-refractivity contribution in [3.63, 3.8) is 0 Å². The summed E-state index contributed by atoms with van der Waals surface area (Å²) in [5, 5.41) is 20.5. The number of methoxy groups -OCH3 is 1. The summed E-state index contributed by atoms with van der Waals surface area (Å²) in [5.41, 5.74) is 1.34. The van der Waals surface area contributed by atoms with Crippen LogP contribution in [-0.2, 0) is 4.79 Å². The maximum atomic E-state index is 13.2. The molecule has 1 aromatic rings. The maximum Gasteiger partial charge on any atom is 0.251 e. The Bertz CT molecular complexity index is 770. The predicted octanol–water partition coefficient (Wildman–Crippen LogP) is 4.50. The second kappa shape index (κ2) is 14.9. The van der Waals surface area contributed by atoms with Crippen molar-refractivity contribution < 1.29 is 19.4 Å². The standard InChI is InChI=1S/C27H45N3O4/c1-5-6-12-29-26(32)20(3)15-25(31)24-14-19(2)11-9-7-8-10-13-28-22-16-21(27(33)30-24)17-23(18-22)34-4/h16-20,24-25,28,31H,5-15H2,1-4H3,(H,29,32)(H,30,33)/t19-,20?,24?,25?/m1/s1. The van der Waals surface area contributed by atoms with E-state index in [4.69, 9.17) is 4.74 Å². The summed E-state index contributed by atoms with van der Waals surface area (Å²) in [4.78, 5) is 25.6. The number of amides is 2. The van der Waals surface area contributed by atoms with E-state index in [1.165, 1.54) is 6.42 Å². The Balaban J connectivity index is 2.17. The van der Waals surface area contributed by atoms with Gasteiger partial charge in [0.25, 0.3) is 5.91 Å². The third kappa shape index (κ3) is 9.53.